The van der Waals surface area contributed by atoms with Crippen molar-refractivity contribution >= 4 is 23.1 Å². The molecule has 1 atom stereocenters. The van der Waals surface area contributed by atoms with Gasteiger partial charge in [-0.05, 0) is 25.6 Å². The van der Waals surface area contributed by atoms with Crippen LogP contribution in [-0.2, 0) is 5.75 Å². The van der Waals surface area contributed by atoms with Crippen LogP contribution in [0.3, 0.4) is 0 Å². The van der Waals surface area contributed by atoms with Crippen LogP contribution in [0.5, 0.6) is 0 Å². The van der Waals surface area contributed by atoms with E-state index in [2.05, 4.69) is 31.1 Å². The number of thiazole rings is 1. The molecule has 0 spiro atoms. The highest BCUT2D eigenvalue weighted by Crippen LogP contribution is 2.23. The Bertz CT molecular complexity index is 273. The Morgan fingerprint density at radius 1 is 1.53 bits per heavy atom. The van der Waals surface area contributed by atoms with E-state index >= 15 is 0 Å². The Balaban J connectivity index is 2.43. The van der Waals surface area contributed by atoms with Crippen LogP contribution < -0.4 is 5.32 Å². The smallest absolute Gasteiger partial charge is 0.103 e. The molecular weight excluding hydrogens is 224 g/mol. The molecule has 1 rings (SSSR count). The summed E-state index contributed by atoms with van der Waals surface area (Å²) in [5.74, 6) is 2.22. The average molecular weight is 244 g/mol. The number of rotatable bonds is 7. The highest BCUT2D eigenvalue weighted by atomic mass is 32.2. The molecule has 86 valence electrons. The summed E-state index contributed by atoms with van der Waals surface area (Å²) < 4.78 is 0. The van der Waals surface area contributed by atoms with Gasteiger partial charge in [-0.25, -0.2) is 4.98 Å². The lowest BCUT2D eigenvalue weighted by atomic mass is 10.3. The summed E-state index contributed by atoms with van der Waals surface area (Å²) in [5, 5.41) is 4.73. The molecule has 0 aliphatic rings. The van der Waals surface area contributed by atoms with Gasteiger partial charge in [0.15, 0.2) is 0 Å². The second-order valence-electron chi connectivity index (χ2n) is 3.47. The molecule has 0 aliphatic carbocycles. The van der Waals surface area contributed by atoms with Crippen molar-refractivity contribution in [1.29, 1.82) is 0 Å². The molecule has 1 heterocycles. The van der Waals surface area contributed by atoms with Gasteiger partial charge < -0.3 is 5.32 Å². The molecule has 4 heteroatoms. The van der Waals surface area contributed by atoms with Gasteiger partial charge in [0.1, 0.15) is 5.01 Å². The van der Waals surface area contributed by atoms with E-state index in [0.717, 1.165) is 12.3 Å². The van der Waals surface area contributed by atoms with Gasteiger partial charge in [-0.3, -0.25) is 0 Å². The molecule has 0 radical (unpaired) electrons. The van der Waals surface area contributed by atoms with E-state index in [1.54, 1.807) is 0 Å². The minimum atomic E-state index is 0.447. The third-order valence-corrected chi connectivity index (χ3v) is 4.38. The lowest BCUT2D eigenvalue weighted by Crippen LogP contribution is -2.18. The van der Waals surface area contributed by atoms with Crippen LogP contribution in [0.2, 0.25) is 0 Å². The maximum Gasteiger partial charge on any atom is 0.103 e. The molecule has 1 unspecified atom stereocenters. The zero-order chi connectivity index (χ0) is 11.1. The first-order valence-corrected chi connectivity index (χ1v) is 7.50. The van der Waals surface area contributed by atoms with Gasteiger partial charge in [-0.1, -0.05) is 13.8 Å². The Hall–Kier alpha value is -0.0600. The van der Waals surface area contributed by atoms with Crippen molar-refractivity contribution in [3.8, 4) is 0 Å². The summed E-state index contributed by atoms with van der Waals surface area (Å²) in [6.07, 6.45) is 3.20. The summed E-state index contributed by atoms with van der Waals surface area (Å²) in [5.41, 5.74) is 0. The van der Waals surface area contributed by atoms with Gasteiger partial charge in [0, 0.05) is 22.9 Å². The number of aromatic nitrogens is 1. The molecular formula is C11H20N2S2. The molecule has 0 aromatic carbocycles. The Morgan fingerprint density at radius 3 is 3.00 bits per heavy atom. The fourth-order valence-electron chi connectivity index (χ4n) is 1.24. The van der Waals surface area contributed by atoms with Crippen LogP contribution in [0.15, 0.2) is 6.20 Å². The minimum Gasteiger partial charge on any atom is -0.309 e. The molecule has 1 N–H and O–H groups in total. The molecule has 0 amide bonds. The molecule has 0 fully saturated rings. The fourth-order valence-corrected chi connectivity index (χ4v) is 2.92. The largest absolute Gasteiger partial charge is 0.309 e. The summed E-state index contributed by atoms with van der Waals surface area (Å²) in [7, 11) is 0. The van der Waals surface area contributed by atoms with E-state index in [1.165, 1.54) is 22.1 Å². The van der Waals surface area contributed by atoms with E-state index in [1.807, 2.05) is 29.3 Å². The van der Waals surface area contributed by atoms with Crippen molar-refractivity contribution in [1.82, 2.24) is 10.3 Å². The first-order valence-electron chi connectivity index (χ1n) is 5.53. The monoisotopic (exact) mass is 244 g/mol. The standard InChI is InChI=1S/C11H20N2S2/c1-4-6-12-9(3)10-7-13-11(15-10)8-14-5-2/h7,9,12H,4-6,8H2,1-3H3. The molecule has 1 aromatic heterocycles. The average Bonchev–Trinajstić information content (AvgIpc) is 2.71. The highest BCUT2D eigenvalue weighted by Gasteiger charge is 2.08. The zero-order valence-electron chi connectivity index (χ0n) is 9.75. The van der Waals surface area contributed by atoms with Gasteiger partial charge in [0.2, 0.25) is 0 Å². The van der Waals surface area contributed by atoms with E-state index < -0.39 is 0 Å². The zero-order valence-corrected chi connectivity index (χ0v) is 11.4. The third-order valence-electron chi connectivity index (χ3n) is 2.13. The lowest BCUT2D eigenvalue weighted by molar-refractivity contribution is 0.577. The maximum atomic E-state index is 4.44. The Morgan fingerprint density at radius 2 is 2.33 bits per heavy atom. The lowest BCUT2D eigenvalue weighted by Gasteiger charge is -2.09. The van der Waals surface area contributed by atoms with E-state index in [0.29, 0.717) is 6.04 Å². The first-order chi connectivity index (χ1) is 7.27. The third kappa shape index (κ3) is 4.53. The number of hydrogen-bond acceptors (Lipinski definition) is 4. The second-order valence-corrected chi connectivity index (χ2v) is 5.89. The van der Waals surface area contributed by atoms with Gasteiger partial charge in [-0.2, -0.15) is 11.8 Å². The maximum absolute atomic E-state index is 4.44. The van der Waals surface area contributed by atoms with E-state index in [4.69, 9.17) is 0 Å². The normalized spacial score (nSPS) is 13.0. The number of nitrogens with zero attached hydrogens (tertiary/aromatic N) is 1. The van der Waals surface area contributed by atoms with Gasteiger partial charge in [0.25, 0.3) is 0 Å². The van der Waals surface area contributed by atoms with Crippen molar-refractivity contribution < 1.29 is 0 Å². The summed E-state index contributed by atoms with van der Waals surface area (Å²) in [4.78, 5) is 5.80. The Kier molecular flexibility index (Phi) is 6.29. The number of hydrogen-bond donors (Lipinski definition) is 1. The summed E-state index contributed by atoms with van der Waals surface area (Å²) in [6, 6.07) is 0.447. The van der Waals surface area contributed by atoms with Gasteiger partial charge >= 0.3 is 0 Å². The molecule has 15 heavy (non-hydrogen) atoms. The van der Waals surface area contributed by atoms with Crippen LogP contribution in [0.1, 0.15) is 43.1 Å². The Labute approximate surface area is 101 Å². The van der Waals surface area contributed by atoms with Crippen LogP contribution in [0.25, 0.3) is 0 Å². The van der Waals surface area contributed by atoms with Crippen LogP contribution >= 0.6 is 23.1 Å². The highest BCUT2D eigenvalue weighted by molar-refractivity contribution is 7.98. The predicted octanol–water partition coefficient (Wildman–Crippen LogP) is 3.46. The number of thioether (sulfide) groups is 1. The van der Waals surface area contributed by atoms with Crippen molar-refractivity contribution in [2.75, 3.05) is 12.3 Å². The van der Waals surface area contributed by atoms with Gasteiger partial charge in [-0.15, -0.1) is 11.3 Å². The molecule has 2 nitrogen and oxygen atoms in total. The quantitative estimate of drug-likeness (QED) is 0.795. The van der Waals surface area contributed by atoms with Crippen LogP contribution in [-0.4, -0.2) is 17.3 Å². The van der Waals surface area contributed by atoms with Crippen molar-refractivity contribution in [2.24, 2.45) is 0 Å². The van der Waals surface area contributed by atoms with Crippen molar-refractivity contribution in [3.05, 3.63) is 16.1 Å². The SMILES string of the molecule is CCCNC(C)c1cnc(CSCC)s1. The summed E-state index contributed by atoms with van der Waals surface area (Å²) in [6.45, 7) is 7.67. The molecule has 0 aliphatic heterocycles. The minimum absolute atomic E-state index is 0.447. The van der Waals surface area contributed by atoms with Crippen molar-refractivity contribution in [3.63, 3.8) is 0 Å². The molecule has 0 saturated heterocycles. The predicted molar refractivity (Wildman–Crippen MR) is 70.7 cm³/mol. The van der Waals surface area contributed by atoms with E-state index in [-0.39, 0.29) is 0 Å². The molecule has 0 bridgehead atoms. The van der Waals surface area contributed by atoms with Crippen molar-refractivity contribution in [2.45, 2.75) is 39.0 Å². The first kappa shape index (κ1) is 13.0. The van der Waals surface area contributed by atoms with Gasteiger partial charge in [0.05, 0.1) is 0 Å². The van der Waals surface area contributed by atoms with Crippen LogP contribution in [0, 0.1) is 0 Å². The number of nitrogens with one attached hydrogen (secondary N) is 1. The second kappa shape index (κ2) is 7.25. The fraction of sp³-hybridized carbons (Fsp3) is 0.727. The summed E-state index contributed by atoms with van der Waals surface area (Å²) >= 11 is 3.77. The molecule has 1 aromatic rings. The van der Waals surface area contributed by atoms with E-state index in [9.17, 15) is 0 Å². The molecule has 0 saturated carbocycles. The topological polar surface area (TPSA) is 24.9 Å². The van der Waals surface area contributed by atoms with Crippen LogP contribution in [0.4, 0.5) is 0 Å².